The molecule has 0 spiro atoms. The highest BCUT2D eigenvalue weighted by molar-refractivity contribution is 7.92. The lowest BCUT2D eigenvalue weighted by molar-refractivity contribution is 0.403. The van der Waals surface area contributed by atoms with E-state index in [0.717, 1.165) is 0 Å². The third-order valence-electron chi connectivity index (χ3n) is 2.38. The van der Waals surface area contributed by atoms with Gasteiger partial charge in [0.05, 0.1) is 13.2 Å². The van der Waals surface area contributed by atoms with Gasteiger partial charge in [-0.25, -0.2) is 8.42 Å². The number of anilines is 1. The number of methoxy groups -OCH3 is 1. The molecule has 0 saturated heterocycles. The van der Waals surface area contributed by atoms with Crippen molar-refractivity contribution >= 4 is 15.5 Å². The van der Waals surface area contributed by atoms with Gasteiger partial charge >= 0.3 is 0 Å². The first kappa shape index (κ1) is 13.3. The summed E-state index contributed by atoms with van der Waals surface area (Å²) >= 11 is 0. The van der Waals surface area contributed by atoms with Crippen molar-refractivity contribution in [2.45, 2.75) is 23.5 Å². The van der Waals surface area contributed by atoms with Crippen molar-refractivity contribution in [3.05, 3.63) is 18.2 Å². The summed E-state index contributed by atoms with van der Waals surface area (Å²) in [6.07, 6.45) is 0.229. The molecule has 0 aliphatic carbocycles. The molecule has 6 heteroatoms. The highest BCUT2D eigenvalue weighted by atomic mass is 32.2. The number of nitrogens with two attached hydrogens (primary N) is 1. The van der Waals surface area contributed by atoms with Crippen LogP contribution in [-0.2, 0) is 9.84 Å². The minimum absolute atomic E-state index is 0.00241. The van der Waals surface area contributed by atoms with Gasteiger partial charge in [0.15, 0.2) is 15.1 Å². The number of ether oxygens (including phenoxy) is 1. The molecule has 0 aliphatic heterocycles. The molecular weight excluding hydrogens is 240 g/mol. The van der Waals surface area contributed by atoms with Crippen LogP contribution in [0.4, 0.5) is 5.69 Å². The molecule has 0 amide bonds. The minimum Gasteiger partial charge on any atom is -0.495 e. The maximum atomic E-state index is 12.1. The summed E-state index contributed by atoms with van der Waals surface area (Å²) in [6, 6.07) is 6.05. The molecule has 0 aliphatic rings. The molecule has 2 N–H and O–H groups in total. The summed E-state index contributed by atoms with van der Waals surface area (Å²) in [5.74, 6) is 0.165. The predicted molar refractivity (Wildman–Crippen MR) is 64.3 cm³/mol. The second kappa shape index (κ2) is 5.06. The zero-order valence-corrected chi connectivity index (χ0v) is 10.5. The van der Waals surface area contributed by atoms with Crippen LogP contribution < -0.4 is 10.5 Å². The molecule has 0 radical (unpaired) electrons. The predicted octanol–water partition coefficient (Wildman–Crippen LogP) is 1.35. The summed E-state index contributed by atoms with van der Waals surface area (Å²) in [6.45, 7) is 1.65. The summed E-state index contributed by atoms with van der Waals surface area (Å²) in [5.41, 5.74) is 5.96. The molecule has 1 aromatic carbocycles. The van der Waals surface area contributed by atoms with Crippen molar-refractivity contribution in [2.24, 2.45) is 0 Å². The first-order valence-corrected chi connectivity index (χ1v) is 6.59. The Hall–Kier alpha value is -1.74. The molecule has 0 saturated carbocycles. The molecule has 1 unspecified atom stereocenters. The number of nitrogen functional groups attached to an aromatic ring is 1. The van der Waals surface area contributed by atoms with Crippen LogP contribution in [0.2, 0.25) is 0 Å². The Morgan fingerprint density at radius 2 is 2.18 bits per heavy atom. The zero-order chi connectivity index (χ0) is 13.1. The number of benzene rings is 1. The standard InChI is InChI=1S/C11H14N2O3S/c1-3-9(7-12)17(14,15)11-5-4-8(13)6-10(11)16-2/h4-6,9H,3,13H2,1-2H3. The summed E-state index contributed by atoms with van der Waals surface area (Å²) in [7, 11) is -2.34. The van der Waals surface area contributed by atoms with Crippen LogP contribution in [0.5, 0.6) is 5.75 Å². The molecule has 1 atom stereocenters. The van der Waals surface area contributed by atoms with Gasteiger partial charge in [0.25, 0.3) is 0 Å². The molecule has 0 fully saturated rings. The largest absolute Gasteiger partial charge is 0.495 e. The first-order chi connectivity index (χ1) is 7.97. The van der Waals surface area contributed by atoms with E-state index in [-0.39, 0.29) is 17.1 Å². The lowest BCUT2D eigenvalue weighted by Crippen LogP contribution is -2.19. The lowest BCUT2D eigenvalue weighted by atomic mass is 10.3. The smallest absolute Gasteiger partial charge is 0.198 e. The second-order valence-electron chi connectivity index (χ2n) is 3.48. The Bertz CT molecular complexity index is 546. The van der Waals surface area contributed by atoms with Gasteiger partial charge in [0.2, 0.25) is 0 Å². The van der Waals surface area contributed by atoms with E-state index in [1.807, 2.05) is 0 Å². The first-order valence-electron chi connectivity index (χ1n) is 5.04. The molecule has 17 heavy (non-hydrogen) atoms. The SMILES string of the molecule is CCC(C#N)S(=O)(=O)c1ccc(N)cc1OC. The van der Waals surface area contributed by atoms with Gasteiger partial charge < -0.3 is 10.5 Å². The van der Waals surface area contributed by atoms with Crippen LogP contribution in [0, 0.1) is 11.3 Å². The average molecular weight is 254 g/mol. The van der Waals surface area contributed by atoms with Gasteiger partial charge in [-0.1, -0.05) is 6.92 Å². The number of nitriles is 1. The fraction of sp³-hybridized carbons (Fsp3) is 0.364. The number of sulfone groups is 1. The van der Waals surface area contributed by atoms with E-state index in [9.17, 15) is 8.42 Å². The van der Waals surface area contributed by atoms with E-state index >= 15 is 0 Å². The fourth-order valence-corrected chi connectivity index (χ4v) is 3.02. The van der Waals surface area contributed by atoms with Crippen LogP contribution >= 0.6 is 0 Å². The van der Waals surface area contributed by atoms with E-state index < -0.39 is 15.1 Å². The number of nitrogens with zero attached hydrogens (tertiary/aromatic N) is 1. The Kier molecular flexibility index (Phi) is 3.97. The quantitative estimate of drug-likeness (QED) is 0.819. The van der Waals surface area contributed by atoms with Gasteiger partial charge in [-0.2, -0.15) is 5.26 Å². The van der Waals surface area contributed by atoms with Gasteiger partial charge in [-0.3, -0.25) is 0 Å². The molecule has 1 rings (SSSR count). The monoisotopic (exact) mass is 254 g/mol. The van der Waals surface area contributed by atoms with Crippen molar-refractivity contribution < 1.29 is 13.2 Å². The van der Waals surface area contributed by atoms with Crippen molar-refractivity contribution in [1.82, 2.24) is 0 Å². The Morgan fingerprint density at radius 3 is 2.65 bits per heavy atom. The summed E-state index contributed by atoms with van der Waals surface area (Å²) in [4.78, 5) is 0.00241. The van der Waals surface area contributed by atoms with E-state index in [1.54, 1.807) is 13.0 Å². The van der Waals surface area contributed by atoms with Crippen LogP contribution in [0.25, 0.3) is 0 Å². The minimum atomic E-state index is -3.70. The number of hydrogen-bond donors (Lipinski definition) is 1. The van der Waals surface area contributed by atoms with Crippen molar-refractivity contribution in [1.29, 1.82) is 5.26 Å². The molecule has 5 nitrogen and oxygen atoms in total. The summed E-state index contributed by atoms with van der Waals surface area (Å²) in [5, 5.41) is 7.78. The maximum Gasteiger partial charge on any atom is 0.198 e. The van der Waals surface area contributed by atoms with Crippen molar-refractivity contribution in [3.8, 4) is 11.8 Å². The molecule has 0 heterocycles. The van der Waals surface area contributed by atoms with Crippen LogP contribution in [0.15, 0.2) is 23.1 Å². The van der Waals surface area contributed by atoms with E-state index in [4.69, 9.17) is 15.7 Å². The third-order valence-corrected chi connectivity index (χ3v) is 4.52. The van der Waals surface area contributed by atoms with Crippen LogP contribution in [0.3, 0.4) is 0 Å². The third kappa shape index (κ3) is 2.50. The fourth-order valence-electron chi connectivity index (χ4n) is 1.45. The topological polar surface area (TPSA) is 93.2 Å². The average Bonchev–Trinajstić information content (AvgIpc) is 2.29. The van der Waals surface area contributed by atoms with E-state index in [0.29, 0.717) is 5.69 Å². The Balaban J connectivity index is 3.39. The number of hydrogen-bond acceptors (Lipinski definition) is 5. The number of rotatable bonds is 4. The molecule has 1 aromatic rings. The molecule has 92 valence electrons. The van der Waals surface area contributed by atoms with Crippen molar-refractivity contribution in [2.75, 3.05) is 12.8 Å². The highest BCUT2D eigenvalue weighted by Gasteiger charge is 2.28. The van der Waals surface area contributed by atoms with Gasteiger partial charge in [-0.15, -0.1) is 0 Å². The normalized spacial score (nSPS) is 12.8. The van der Waals surface area contributed by atoms with Crippen LogP contribution in [-0.4, -0.2) is 20.8 Å². The van der Waals surface area contributed by atoms with Gasteiger partial charge in [0.1, 0.15) is 10.6 Å². The second-order valence-corrected chi connectivity index (χ2v) is 5.58. The van der Waals surface area contributed by atoms with Gasteiger partial charge in [0, 0.05) is 11.8 Å². The van der Waals surface area contributed by atoms with E-state index in [2.05, 4.69) is 0 Å². The Labute approximate surface area is 101 Å². The Morgan fingerprint density at radius 1 is 1.53 bits per heavy atom. The lowest BCUT2D eigenvalue weighted by Gasteiger charge is -2.12. The van der Waals surface area contributed by atoms with Gasteiger partial charge in [-0.05, 0) is 18.6 Å². The molecule has 0 bridgehead atoms. The summed E-state index contributed by atoms with van der Waals surface area (Å²) < 4.78 is 29.3. The zero-order valence-electron chi connectivity index (χ0n) is 9.67. The molecular formula is C11H14N2O3S. The maximum absolute atomic E-state index is 12.1. The molecule has 0 aromatic heterocycles. The van der Waals surface area contributed by atoms with Crippen LogP contribution in [0.1, 0.15) is 13.3 Å². The highest BCUT2D eigenvalue weighted by Crippen LogP contribution is 2.29. The van der Waals surface area contributed by atoms with Crippen molar-refractivity contribution in [3.63, 3.8) is 0 Å². The van der Waals surface area contributed by atoms with E-state index in [1.165, 1.54) is 25.3 Å².